The first-order chi connectivity index (χ1) is 7.31. The molecule has 0 amide bonds. The van der Waals surface area contributed by atoms with Crippen molar-refractivity contribution < 1.29 is 9.47 Å². The van der Waals surface area contributed by atoms with Crippen LogP contribution >= 0.6 is 11.8 Å². The summed E-state index contributed by atoms with van der Waals surface area (Å²) in [6.07, 6.45) is 0.0462. The van der Waals surface area contributed by atoms with Crippen molar-refractivity contribution in [1.82, 2.24) is 0 Å². The fraction of sp³-hybridized carbons (Fsp3) is 0.455. The second kappa shape index (κ2) is 4.88. The van der Waals surface area contributed by atoms with Gasteiger partial charge in [-0.15, -0.1) is 11.8 Å². The second-order valence-electron chi connectivity index (χ2n) is 3.53. The summed E-state index contributed by atoms with van der Waals surface area (Å²) in [7, 11) is 1.66. The maximum Gasteiger partial charge on any atom is 0.133 e. The number of ether oxygens (including phenoxy) is 2. The number of fused-ring (bicyclic) bond motifs is 1. The molecule has 0 saturated carbocycles. The third-order valence-corrected chi connectivity index (χ3v) is 3.51. The van der Waals surface area contributed by atoms with Gasteiger partial charge in [0.1, 0.15) is 11.9 Å². The molecule has 1 aliphatic rings. The number of para-hydroxylation sites is 1. The third-order valence-electron chi connectivity index (χ3n) is 2.37. The molecule has 1 heterocycles. The molecule has 1 aliphatic heterocycles. The molecule has 0 saturated heterocycles. The van der Waals surface area contributed by atoms with Crippen LogP contribution in [0.2, 0.25) is 0 Å². The lowest BCUT2D eigenvalue weighted by molar-refractivity contribution is 0.111. The molecule has 0 aromatic heterocycles. The summed E-state index contributed by atoms with van der Waals surface area (Å²) in [6.45, 7) is 0.535. The minimum atomic E-state index is -0.0594. The van der Waals surface area contributed by atoms with Crippen LogP contribution in [-0.2, 0) is 4.74 Å². The lowest BCUT2D eigenvalue weighted by atomic mass is 10.2. The van der Waals surface area contributed by atoms with Crippen molar-refractivity contribution >= 4 is 11.8 Å². The normalized spacial score (nSPS) is 21.6. The number of benzene rings is 1. The summed E-state index contributed by atoms with van der Waals surface area (Å²) < 4.78 is 10.9. The van der Waals surface area contributed by atoms with Crippen LogP contribution in [0.1, 0.15) is 0 Å². The van der Waals surface area contributed by atoms with E-state index < -0.39 is 0 Å². The fourth-order valence-electron chi connectivity index (χ4n) is 1.55. The predicted molar refractivity (Wildman–Crippen MR) is 61.4 cm³/mol. The van der Waals surface area contributed by atoms with E-state index in [1.807, 2.05) is 18.2 Å². The molecule has 15 heavy (non-hydrogen) atoms. The molecule has 2 unspecified atom stereocenters. The quantitative estimate of drug-likeness (QED) is 0.847. The Labute approximate surface area is 93.9 Å². The molecule has 2 atom stereocenters. The van der Waals surface area contributed by atoms with Crippen molar-refractivity contribution in [2.24, 2.45) is 5.73 Å². The van der Waals surface area contributed by atoms with Crippen LogP contribution in [0.4, 0.5) is 0 Å². The monoisotopic (exact) mass is 225 g/mol. The van der Waals surface area contributed by atoms with Gasteiger partial charge in [-0.3, -0.25) is 0 Å². The van der Waals surface area contributed by atoms with Crippen LogP contribution in [-0.4, -0.2) is 31.6 Å². The maximum absolute atomic E-state index is 5.95. The molecule has 3 nitrogen and oxygen atoms in total. The van der Waals surface area contributed by atoms with Crippen LogP contribution in [0.15, 0.2) is 29.2 Å². The minimum Gasteiger partial charge on any atom is -0.487 e. The number of thioether (sulfide) groups is 1. The van der Waals surface area contributed by atoms with Gasteiger partial charge in [-0.05, 0) is 12.1 Å². The van der Waals surface area contributed by atoms with Crippen molar-refractivity contribution in [2.75, 3.05) is 19.5 Å². The average Bonchev–Trinajstić information content (AvgIpc) is 2.29. The van der Waals surface area contributed by atoms with Crippen molar-refractivity contribution in [1.29, 1.82) is 0 Å². The standard InChI is InChI=1S/C11H15NO2S/c1-13-6-8(12)10-7-15-11-5-3-2-4-9(11)14-10/h2-5,8,10H,6-7,12H2,1H3. The van der Waals surface area contributed by atoms with E-state index in [1.54, 1.807) is 18.9 Å². The smallest absolute Gasteiger partial charge is 0.133 e. The number of methoxy groups -OCH3 is 1. The Morgan fingerprint density at radius 3 is 3.20 bits per heavy atom. The molecule has 1 aromatic carbocycles. The Balaban J connectivity index is 2.05. The van der Waals surface area contributed by atoms with E-state index in [0.29, 0.717) is 6.61 Å². The molecular formula is C11H15NO2S. The summed E-state index contributed by atoms with van der Waals surface area (Å²) in [6, 6.07) is 7.98. The van der Waals surface area contributed by atoms with Gasteiger partial charge in [0.25, 0.3) is 0 Å². The molecule has 0 radical (unpaired) electrons. The molecule has 2 N–H and O–H groups in total. The second-order valence-corrected chi connectivity index (χ2v) is 4.60. The average molecular weight is 225 g/mol. The van der Waals surface area contributed by atoms with Gasteiger partial charge in [0.05, 0.1) is 12.6 Å². The van der Waals surface area contributed by atoms with Gasteiger partial charge in [0.15, 0.2) is 0 Å². The molecule has 2 rings (SSSR count). The first kappa shape index (κ1) is 10.8. The SMILES string of the molecule is COCC(N)C1CSc2ccccc2O1. The zero-order valence-electron chi connectivity index (χ0n) is 8.68. The van der Waals surface area contributed by atoms with Gasteiger partial charge in [-0.1, -0.05) is 12.1 Å². The summed E-state index contributed by atoms with van der Waals surface area (Å²) in [5.41, 5.74) is 5.95. The van der Waals surface area contributed by atoms with Gasteiger partial charge in [-0.2, -0.15) is 0 Å². The van der Waals surface area contributed by atoms with E-state index in [4.69, 9.17) is 15.2 Å². The summed E-state index contributed by atoms with van der Waals surface area (Å²) in [4.78, 5) is 1.19. The summed E-state index contributed by atoms with van der Waals surface area (Å²) in [5.74, 6) is 1.83. The largest absolute Gasteiger partial charge is 0.487 e. The lowest BCUT2D eigenvalue weighted by Gasteiger charge is -2.29. The van der Waals surface area contributed by atoms with Gasteiger partial charge in [0, 0.05) is 17.8 Å². The van der Waals surface area contributed by atoms with Crippen molar-refractivity contribution in [3.8, 4) is 5.75 Å². The Morgan fingerprint density at radius 1 is 1.60 bits per heavy atom. The summed E-state index contributed by atoms with van der Waals surface area (Å²) in [5, 5.41) is 0. The Hall–Kier alpha value is -0.710. The molecule has 0 aliphatic carbocycles. The van der Waals surface area contributed by atoms with Crippen LogP contribution in [0.5, 0.6) is 5.75 Å². The molecule has 0 spiro atoms. The molecule has 0 fully saturated rings. The van der Waals surface area contributed by atoms with Gasteiger partial charge in [0.2, 0.25) is 0 Å². The highest BCUT2D eigenvalue weighted by Crippen LogP contribution is 2.35. The molecule has 4 heteroatoms. The van der Waals surface area contributed by atoms with Crippen molar-refractivity contribution in [3.05, 3.63) is 24.3 Å². The molecule has 1 aromatic rings. The van der Waals surface area contributed by atoms with E-state index in [-0.39, 0.29) is 12.1 Å². The van der Waals surface area contributed by atoms with E-state index in [0.717, 1.165) is 11.5 Å². The van der Waals surface area contributed by atoms with Crippen LogP contribution < -0.4 is 10.5 Å². The highest BCUT2D eigenvalue weighted by molar-refractivity contribution is 7.99. The van der Waals surface area contributed by atoms with Crippen molar-refractivity contribution in [3.63, 3.8) is 0 Å². The van der Waals surface area contributed by atoms with E-state index >= 15 is 0 Å². The van der Waals surface area contributed by atoms with Crippen LogP contribution in [0.3, 0.4) is 0 Å². The van der Waals surface area contributed by atoms with Gasteiger partial charge in [-0.25, -0.2) is 0 Å². The molecule has 0 bridgehead atoms. The van der Waals surface area contributed by atoms with E-state index in [9.17, 15) is 0 Å². The summed E-state index contributed by atoms with van der Waals surface area (Å²) >= 11 is 1.79. The lowest BCUT2D eigenvalue weighted by Crippen LogP contribution is -2.44. The first-order valence-corrected chi connectivity index (χ1v) is 5.93. The van der Waals surface area contributed by atoms with Crippen molar-refractivity contribution in [2.45, 2.75) is 17.0 Å². The first-order valence-electron chi connectivity index (χ1n) is 4.94. The Bertz CT molecular complexity index is 332. The number of hydrogen-bond donors (Lipinski definition) is 1. The zero-order valence-corrected chi connectivity index (χ0v) is 9.50. The van der Waals surface area contributed by atoms with Crippen LogP contribution in [0, 0.1) is 0 Å². The number of rotatable bonds is 3. The number of nitrogens with two attached hydrogens (primary N) is 1. The topological polar surface area (TPSA) is 44.5 Å². The third kappa shape index (κ3) is 2.45. The Morgan fingerprint density at radius 2 is 2.40 bits per heavy atom. The highest BCUT2D eigenvalue weighted by Gasteiger charge is 2.25. The highest BCUT2D eigenvalue weighted by atomic mass is 32.2. The van der Waals surface area contributed by atoms with Crippen LogP contribution in [0.25, 0.3) is 0 Å². The molecular weight excluding hydrogens is 210 g/mol. The fourth-order valence-corrected chi connectivity index (χ4v) is 2.64. The van der Waals surface area contributed by atoms with Gasteiger partial charge >= 0.3 is 0 Å². The predicted octanol–water partition coefficient (Wildman–Crippen LogP) is 1.51. The maximum atomic E-state index is 5.95. The van der Waals surface area contributed by atoms with Gasteiger partial charge < -0.3 is 15.2 Å². The molecule has 82 valence electrons. The van der Waals surface area contributed by atoms with E-state index in [1.165, 1.54) is 4.90 Å². The number of hydrogen-bond acceptors (Lipinski definition) is 4. The Kier molecular flexibility index (Phi) is 3.51. The zero-order chi connectivity index (χ0) is 10.7. The minimum absolute atomic E-state index is 0.0462. The van der Waals surface area contributed by atoms with E-state index in [2.05, 4.69) is 6.07 Å².